The maximum atomic E-state index is 5.36. The lowest BCUT2D eigenvalue weighted by Gasteiger charge is -2.17. The van der Waals surface area contributed by atoms with E-state index in [0.717, 1.165) is 12.8 Å². The summed E-state index contributed by atoms with van der Waals surface area (Å²) in [5, 5.41) is 0. The van der Waals surface area contributed by atoms with Crippen molar-refractivity contribution < 1.29 is 9.57 Å². The normalized spacial score (nSPS) is 12.6. The summed E-state index contributed by atoms with van der Waals surface area (Å²) in [5.41, 5.74) is 5.71. The van der Waals surface area contributed by atoms with Gasteiger partial charge in [0, 0.05) is 7.11 Å². The first-order valence-corrected chi connectivity index (χ1v) is 6.26. The summed E-state index contributed by atoms with van der Waals surface area (Å²) >= 11 is 0. The van der Waals surface area contributed by atoms with Crippen molar-refractivity contribution in [1.29, 1.82) is 0 Å². The summed E-state index contributed by atoms with van der Waals surface area (Å²) in [6.45, 7) is 5.49. The Morgan fingerprint density at radius 2 is 1.82 bits per heavy atom. The lowest BCUT2D eigenvalue weighted by Crippen LogP contribution is -2.23. The third kappa shape index (κ3) is 4.86. The van der Waals surface area contributed by atoms with E-state index in [-0.39, 0.29) is 6.04 Å². The van der Waals surface area contributed by atoms with E-state index in [1.165, 1.54) is 11.1 Å². The molecule has 1 atom stereocenters. The van der Waals surface area contributed by atoms with Gasteiger partial charge in [0.15, 0.2) is 0 Å². The Bertz CT molecular complexity index is 298. The third-order valence-corrected chi connectivity index (χ3v) is 2.81. The van der Waals surface area contributed by atoms with Crippen molar-refractivity contribution in [1.82, 2.24) is 5.48 Å². The van der Waals surface area contributed by atoms with Gasteiger partial charge in [0.25, 0.3) is 0 Å². The van der Waals surface area contributed by atoms with Crippen molar-refractivity contribution in [3.05, 3.63) is 35.4 Å². The van der Waals surface area contributed by atoms with Crippen molar-refractivity contribution >= 4 is 0 Å². The molecule has 0 amide bonds. The van der Waals surface area contributed by atoms with Gasteiger partial charge < -0.3 is 4.74 Å². The molecule has 3 nitrogen and oxygen atoms in total. The largest absolute Gasteiger partial charge is 0.382 e. The average Bonchev–Trinajstić information content (AvgIpc) is 2.39. The van der Waals surface area contributed by atoms with Crippen LogP contribution in [0.25, 0.3) is 0 Å². The summed E-state index contributed by atoms with van der Waals surface area (Å²) in [4.78, 5) is 5.36. The van der Waals surface area contributed by atoms with E-state index in [1.54, 1.807) is 7.11 Å². The molecule has 0 bridgehead atoms. The SMILES string of the molecule is CCc1ccc(C(CC)NOCCOC)cc1. The standard InChI is InChI=1S/C14H23NO2/c1-4-12-6-8-13(9-7-12)14(5-2)15-17-11-10-16-3/h6-9,14-15H,4-5,10-11H2,1-3H3. The third-order valence-electron chi connectivity index (χ3n) is 2.81. The lowest BCUT2D eigenvalue weighted by molar-refractivity contribution is -0.0131. The second-order valence-electron chi connectivity index (χ2n) is 4.02. The zero-order valence-electron chi connectivity index (χ0n) is 11.0. The molecular formula is C14H23NO2. The number of benzene rings is 1. The van der Waals surface area contributed by atoms with Crippen molar-refractivity contribution in [3.8, 4) is 0 Å². The smallest absolute Gasteiger partial charge is 0.0916 e. The Labute approximate surface area is 104 Å². The minimum absolute atomic E-state index is 0.248. The van der Waals surface area contributed by atoms with Crippen LogP contribution in [0, 0.1) is 0 Å². The summed E-state index contributed by atoms with van der Waals surface area (Å²) in [5.74, 6) is 0. The Hall–Kier alpha value is -0.900. The summed E-state index contributed by atoms with van der Waals surface area (Å²) in [7, 11) is 1.67. The van der Waals surface area contributed by atoms with E-state index in [1.807, 2.05) is 0 Å². The zero-order valence-corrected chi connectivity index (χ0v) is 11.0. The van der Waals surface area contributed by atoms with Gasteiger partial charge in [0.05, 0.1) is 19.3 Å². The molecule has 17 heavy (non-hydrogen) atoms. The molecule has 0 heterocycles. The summed E-state index contributed by atoms with van der Waals surface area (Å²) in [6, 6.07) is 8.93. The highest BCUT2D eigenvalue weighted by atomic mass is 16.7. The van der Waals surface area contributed by atoms with Gasteiger partial charge in [0.1, 0.15) is 0 Å². The van der Waals surface area contributed by atoms with E-state index in [9.17, 15) is 0 Å². The number of rotatable bonds is 8. The van der Waals surface area contributed by atoms with E-state index in [4.69, 9.17) is 9.57 Å². The van der Waals surface area contributed by atoms with Crippen molar-refractivity contribution in [3.63, 3.8) is 0 Å². The first-order valence-electron chi connectivity index (χ1n) is 6.26. The quantitative estimate of drug-likeness (QED) is 0.557. The Morgan fingerprint density at radius 3 is 2.35 bits per heavy atom. The number of nitrogens with one attached hydrogen (secondary N) is 1. The number of hydroxylamine groups is 1. The van der Waals surface area contributed by atoms with E-state index in [0.29, 0.717) is 13.2 Å². The predicted molar refractivity (Wildman–Crippen MR) is 69.8 cm³/mol. The second-order valence-corrected chi connectivity index (χ2v) is 4.02. The number of ether oxygens (including phenoxy) is 1. The molecule has 0 spiro atoms. The Morgan fingerprint density at radius 1 is 1.12 bits per heavy atom. The van der Waals surface area contributed by atoms with Crippen molar-refractivity contribution in [2.75, 3.05) is 20.3 Å². The Balaban J connectivity index is 2.47. The molecule has 0 fully saturated rings. The summed E-state index contributed by atoms with van der Waals surface area (Å²) < 4.78 is 4.93. The molecule has 0 aliphatic carbocycles. The van der Waals surface area contributed by atoms with Crippen molar-refractivity contribution in [2.24, 2.45) is 0 Å². The van der Waals surface area contributed by atoms with Crippen LogP contribution in [0.15, 0.2) is 24.3 Å². The maximum Gasteiger partial charge on any atom is 0.0916 e. The monoisotopic (exact) mass is 237 g/mol. The highest BCUT2D eigenvalue weighted by Gasteiger charge is 2.08. The minimum Gasteiger partial charge on any atom is -0.382 e. The van der Waals surface area contributed by atoms with Crippen LogP contribution < -0.4 is 5.48 Å². The molecule has 0 aromatic heterocycles. The predicted octanol–water partition coefficient (Wildman–Crippen LogP) is 2.87. The van der Waals surface area contributed by atoms with Gasteiger partial charge in [0.2, 0.25) is 0 Å². The van der Waals surface area contributed by atoms with E-state index >= 15 is 0 Å². The van der Waals surface area contributed by atoms with Crippen LogP contribution in [-0.2, 0) is 16.0 Å². The molecular weight excluding hydrogens is 214 g/mol. The van der Waals surface area contributed by atoms with Gasteiger partial charge >= 0.3 is 0 Å². The molecule has 0 saturated carbocycles. The van der Waals surface area contributed by atoms with Crippen LogP contribution in [0.1, 0.15) is 37.4 Å². The van der Waals surface area contributed by atoms with Crippen LogP contribution >= 0.6 is 0 Å². The molecule has 0 radical (unpaired) electrons. The minimum atomic E-state index is 0.248. The topological polar surface area (TPSA) is 30.5 Å². The molecule has 0 aliphatic heterocycles. The van der Waals surface area contributed by atoms with Crippen molar-refractivity contribution in [2.45, 2.75) is 32.7 Å². The fourth-order valence-corrected chi connectivity index (χ4v) is 1.66. The lowest BCUT2D eigenvalue weighted by atomic mass is 10.0. The fraction of sp³-hybridized carbons (Fsp3) is 0.571. The van der Waals surface area contributed by atoms with Crippen LogP contribution in [0.5, 0.6) is 0 Å². The average molecular weight is 237 g/mol. The number of methoxy groups -OCH3 is 1. The van der Waals surface area contributed by atoms with Gasteiger partial charge in [-0.1, -0.05) is 38.1 Å². The van der Waals surface area contributed by atoms with Crippen LogP contribution in [-0.4, -0.2) is 20.3 Å². The van der Waals surface area contributed by atoms with Crippen LogP contribution in [0.4, 0.5) is 0 Å². The first-order chi connectivity index (χ1) is 8.31. The van der Waals surface area contributed by atoms with E-state index < -0.39 is 0 Å². The molecule has 1 aromatic rings. The number of hydrogen-bond acceptors (Lipinski definition) is 3. The summed E-state index contributed by atoms with van der Waals surface area (Å²) in [6.07, 6.45) is 2.08. The van der Waals surface area contributed by atoms with Gasteiger partial charge in [-0.2, -0.15) is 5.48 Å². The first kappa shape index (κ1) is 14.2. The van der Waals surface area contributed by atoms with E-state index in [2.05, 4.69) is 43.6 Å². The highest BCUT2D eigenvalue weighted by Crippen LogP contribution is 2.17. The van der Waals surface area contributed by atoms with Gasteiger partial charge in [-0.3, -0.25) is 4.84 Å². The molecule has 1 unspecified atom stereocenters. The van der Waals surface area contributed by atoms with Gasteiger partial charge in [-0.05, 0) is 24.0 Å². The second kappa shape index (κ2) is 8.23. The van der Waals surface area contributed by atoms with Crippen LogP contribution in [0.3, 0.4) is 0 Å². The molecule has 0 aliphatic rings. The number of hydrogen-bond donors (Lipinski definition) is 1. The molecule has 1 N–H and O–H groups in total. The maximum absolute atomic E-state index is 5.36. The fourth-order valence-electron chi connectivity index (χ4n) is 1.66. The number of aryl methyl sites for hydroxylation is 1. The zero-order chi connectivity index (χ0) is 12.5. The molecule has 1 rings (SSSR count). The van der Waals surface area contributed by atoms with Gasteiger partial charge in [-0.15, -0.1) is 0 Å². The Kier molecular flexibility index (Phi) is 6.86. The molecule has 3 heteroatoms. The molecule has 1 aromatic carbocycles. The molecule has 96 valence electrons. The van der Waals surface area contributed by atoms with Crippen LogP contribution in [0.2, 0.25) is 0 Å². The van der Waals surface area contributed by atoms with Gasteiger partial charge in [-0.25, -0.2) is 0 Å². The highest BCUT2D eigenvalue weighted by molar-refractivity contribution is 5.24. The molecule has 0 saturated heterocycles.